The number of carbonyl (C=O) groups is 1. The fourth-order valence-electron chi connectivity index (χ4n) is 2.61. The van der Waals surface area contributed by atoms with Crippen molar-refractivity contribution in [1.82, 2.24) is 5.43 Å². The smallest absolute Gasteiger partial charge is 0.272 e. The Labute approximate surface area is 161 Å². The number of rotatable bonds is 6. The molecule has 4 nitrogen and oxygen atoms in total. The highest BCUT2D eigenvalue weighted by atomic mass is 79.9. The quantitative estimate of drug-likeness (QED) is 0.450. The molecule has 0 aliphatic carbocycles. The highest BCUT2D eigenvalue weighted by Crippen LogP contribution is 2.27. The van der Waals surface area contributed by atoms with E-state index < -0.39 is 0 Å². The monoisotopic (exact) mass is 410 g/mol. The van der Waals surface area contributed by atoms with E-state index >= 15 is 0 Å². The highest BCUT2D eigenvalue weighted by Gasteiger charge is 2.09. The molecule has 3 rings (SSSR count). The van der Waals surface area contributed by atoms with Crippen molar-refractivity contribution >= 4 is 38.8 Å². The minimum absolute atomic E-state index is 0.273. The van der Waals surface area contributed by atoms with Crippen LogP contribution in [-0.2, 0) is 0 Å². The number of amides is 1. The predicted molar refractivity (Wildman–Crippen MR) is 109 cm³/mol. The molecule has 1 amide bonds. The second-order valence-corrected chi connectivity index (χ2v) is 6.58. The molecule has 132 valence electrons. The Hall–Kier alpha value is -2.66. The number of nitrogens with zero attached hydrogens (tertiary/aromatic N) is 1. The van der Waals surface area contributed by atoms with Gasteiger partial charge in [-0.15, -0.1) is 0 Å². The Bertz CT molecular complexity index is 954. The average Bonchev–Trinajstić information content (AvgIpc) is 2.67. The second kappa shape index (κ2) is 8.63. The van der Waals surface area contributed by atoms with Gasteiger partial charge in [0.2, 0.25) is 0 Å². The van der Waals surface area contributed by atoms with E-state index in [2.05, 4.69) is 33.4 Å². The minimum Gasteiger partial charge on any atom is -0.493 e. The fraction of sp³-hybridized carbons (Fsp3) is 0.143. The molecule has 0 saturated carbocycles. The summed E-state index contributed by atoms with van der Waals surface area (Å²) in [5, 5.41) is 6.27. The first-order chi connectivity index (χ1) is 12.7. The average molecular weight is 411 g/mol. The molecule has 5 heteroatoms. The largest absolute Gasteiger partial charge is 0.493 e. The zero-order chi connectivity index (χ0) is 18.4. The van der Waals surface area contributed by atoms with Gasteiger partial charge in [-0.25, -0.2) is 5.43 Å². The third-order valence-corrected chi connectivity index (χ3v) is 4.56. The summed E-state index contributed by atoms with van der Waals surface area (Å²) in [6.07, 6.45) is 2.56. The molecule has 1 N–H and O–H groups in total. The molecule has 0 bridgehead atoms. The second-order valence-electron chi connectivity index (χ2n) is 5.73. The van der Waals surface area contributed by atoms with Crippen molar-refractivity contribution in [2.45, 2.75) is 13.3 Å². The lowest BCUT2D eigenvalue weighted by Gasteiger charge is -2.11. The van der Waals surface area contributed by atoms with Crippen LogP contribution >= 0.6 is 15.9 Å². The van der Waals surface area contributed by atoms with Gasteiger partial charge in [0.25, 0.3) is 5.91 Å². The van der Waals surface area contributed by atoms with Crippen LogP contribution in [0.3, 0.4) is 0 Å². The number of nitrogens with one attached hydrogen (secondary N) is 1. The number of ether oxygens (including phenoxy) is 1. The summed E-state index contributed by atoms with van der Waals surface area (Å²) in [5.41, 5.74) is 3.96. The van der Waals surface area contributed by atoms with Crippen LogP contribution in [-0.4, -0.2) is 18.7 Å². The van der Waals surface area contributed by atoms with Crippen LogP contribution in [0, 0.1) is 0 Å². The van der Waals surface area contributed by atoms with Crippen molar-refractivity contribution in [2.75, 3.05) is 6.61 Å². The topological polar surface area (TPSA) is 50.7 Å². The van der Waals surface area contributed by atoms with Crippen LogP contribution in [0.2, 0.25) is 0 Å². The number of hydrazone groups is 1. The standard InChI is InChI=1S/C21H19BrN2O2/c1-2-13-26-20-12-11-15-7-3-4-8-16(15)18(20)14-23-24-21(25)17-9-5-6-10-19(17)22/h3-12,14H,2,13H2,1H3,(H,24,25)/b23-14-. The van der Waals surface area contributed by atoms with Gasteiger partial charge in [0, 0.05) is 10.0 Å². The Morgan fingerprint density at radius 2 is 1.88 bits per heavy atom. The molecular formula is C21H19BrN2O2. The van der Waals surface area contributed by atoms with Gasteiger partial charge in [-0.1, -0.05) is 49.4 Å². The number of halogens is 1. The third kappa shape index (κ3) is 4.11. The van der Waals surface area contributed by atoms with Crippen molar-refractivity contribution in [1.29, 1.82) is 0 Å². The van der Waals surface area contributed by atoms with Crippen LogP contribution in [0.1, 0.15) is 29.3 Å². The molecule has 0 aliphatic rings. The van der Waals surface area contributed by atoms with Gasteiger partial charge in [-0.05, 0) is 51.3 Å². The summed E-state index contributed by atoms with van der Waals surface area (Å²) in [6, 6.07) is 19.2. The Balaban J connectivity index is 1.88. The summed E-state index contributed by atoms with van der Waals surface area (Å²) in [5.74, 6) is 0.481. The van der Waals surface area contributed by atoms with Crippen LogP contribution in [0.5, 0.6) is 5.75 Å². The predicted octanol–water partition coefficient (Wildman–Crippen LogP) is 5.16. The molecule has 0 aliphatic heterocycles. The fourth-order valence-corrected chi connectivity index (χ4v) is 3.07. The van der Waals surface area contributed by atoms with Crippen LogP contribution in [0.15, 0.2) is 70.2 Å². The lowest BCUT2D eigenvalue weighted by atomic mass is 10.0. The molecule has 0 unspecified atom stereocenters. The lowest BCUT2D eigenvalue weighted by molar-refractivity contribution is 0.0954. The minimum atomic E-state index is -0.273. The molecule has 0 heterocycles. The van der Waals surface area contributed by atoms with Crippen molar-refractivity contribution in [3.05, 3.63) is 76.3 Å². The normalized spacial score (nSPS) is 11.0. The Kier molecular flexibility index (Phi) is 6.02. The number of carbonyl (C=O) groups excluding carboxylic acids is 1. The van der Waals surface area contributed by atoms with E-state index in [1.54, 1.807) is 12.3 Å². The molecule has 0 radical (unpaired) electrons. The number of fused-ring (bicyclic) bond motifs is 1. The van der Waals surface area contributed by atoms with Crippen LogP contribution in [0.4, 0.5) is 0 Å². The summed E-state index contributed by atoms with van der Waals surface area (Å²) in [4.78, 5) is 12.3. The first-order valence-corrected chi connectivity index (χ1v) is 9.22. The van der Waals surface area contributed by atoms with E-state index in [0.29, 0.717) is 12.2 Å². The number of benzene rings is 3. The van der Waals surface area contributed by atoms with Gasteiger partial charge in [0.05, 0.1) is 18.4 Å². The molecular weight excluding hydrogens is 392 g/mol. The van der Waals surface area contributed by atoms with Crippen molar-refractivity contribution in [3.63, 3.8) is 0 Å². The summed E-state index contributed by atoms with van der Waals surface area (Å²) >= 11 is 3.37. The van der Waals surface area contributed by atoms with Gasteiger partial charge in [0.15, 0.2) is 0 Å². The maximum absolute atomic E-state index is 12.3. The molecule has 26 heavy (non-hydrogen) atoms. The van der Waals surface area contributed by atoms with Gasteiger partial charge in [-0.3, -0.25) is 4.79 Å². The molecule has 3 aromatic rings. The van der Waals surface area contributed by atoms with Gasteiger partial charge < -0.3 is 4.74 Å². The molecule has 0 fully saturated rings. The Morgan fingerprint density at radius 3 is 2.69 bits per heavy atom. The SMILES string of the molecule is CCCOc1ccc2ccccc2c1/C=N\NC(=O)c1ccccc1Br. The summed E-state index contributed by atoms with van der Waals surface area (Å²) in [7, 11) is 0. The first kappa shape index (κ1) is 18.1. The number of hydrogen-bond acceptors (Lipinski definition) is 3. The van der Waals surface area contributed by atoms with E-state index in [1.165, 1.54) is 0 Å². The lowest BCUT2D eigenvalue weighted by Crippen LogP contribution is -2.18. The molecule has 3 aromatic carbocycles. The van der Waals surface area contributed by atoms with E-state index in [9.17, 15) is 4.79 Å². The van der Waals surface area contributed by atoms with E-state index in [-0.39, 0.29) is 5.91 Å². The van der Waals surface area contributed by atoms with Gasteiger partial charge in [0.1, 0.15) is 5.75 Å². The zero-order valence-corrected chi connectivity index (χ0v) is 16.0. The van der Waals surface area contributed by atoms with Crippen molar-refractivity contribution in [2.24, 2.45) is 5.10 Å². The zero-order valence-electron chi connectivity index (χ0n) is 14.4. The van der Waals surface area contributed by atoms with E-state index in [1.807, 2.05) is 54.6 Å². The summed E-state index contributed by atoms with van der Waals surface area (Å²) < 4.78 is 6.57. The van der Waals surface area contributed by atoms with E-state index in [4.69, 9.17) is 4.74 Å². The molecule has 0 spiro atoms. The van der Waals surface area contributed by atoms with Gasteiger partial charge in [-0.2, -0.15) is 5.10 Å². The molecule has 0 saturated heterocycles. The van der Waals surface area contributed by atoms with E-state index in [0.717, 1.165) is 33.0 Å². The molecule has 0 aromatic heterocycles. The van der Waals surface area contributed by atoms with Crippen LogP contribution in [0.25, 0.3) is 10.8 Å². The molecule has 0 atom stereocenters. The van der Waals surface area contributed by atoms with Crippen molar-refractivity contribution < 1.29 is 9.53 Å². The first-order valence-electron chi connectivity index (χ1n) is 8.43. The van der Waals surface area contributed by atoms with Crippen molar-refractivity contribution in [3.8, 4) is 5.75 Å². The summed E-state index contributed by atoms with van der Waals surface area (Å²) in [6.45, 7) is 2.69. The highest BCUT2D eigenvalue weighted by molar-refractivity contribution is 9.10. The Morgan fingerprint density at radius 1 is 1.12 bits per heavy atom. The maximum atomic E-state index is 12.3. The van der Waals surface area contributed by atoms with Gasteiger partial charge >= 0.3 is 0 Å². The number of hydrogen-bond donors (Lipinski definition) is 1. The van der Waals surface area contributed by atoms with Crippen LogP contribution < -0.4 is 10.2 Å². The third-order valence-electron chi connectivity index (χ3n) is 3.87. The maximum Gasteiger partial charge on any atom is 0.272 e.